The van der Waals surface area contributed by atoms with Gasteiger partial charge in [-0.1, -0.05) is 5.16 Å². The van der Waals surface area contributed by atoms with Gasteiger partial charge in [-0.2, -0.15) is 4.98 Å². The minimum atomic E-state index is 0.633. The van der Waals surface area contributed by atoms with Crippen molar-refractivity contribution in [2.45, 2.75) is 13.3 Å². The quantitative estimate of drug-likeness (QED) is 0.888. The molecule has 1 aromatic carbocycles. The first-order chi connectivity index (χ1) is 9.35. The largest absolute Gasteiger partial charge is 0.494 e. The van der Waals surface area contributed by atoms with Crippen LogP contribution in [0.5, 0.6) is 5.75 Å². The monoisotopic (exact) mass is 259 g/mol. The molecule has 0 radical (unpaired) electrons. The molecule has 2 heterocycles. The minimum absolute atomic E-state index is 0.633. The van der Waals surface area contributed by atoms with Gasteiger partial charge in [-0.3, -0.25) is 0 Å². The molecule has 1 aromatic heterocycles. The molecule has 0 aliphatic carbocycles. The van der Waals surface area contributed by atoms with Crippen LogP contribution in [0.25, 0.3) is 11.4 Å². The van der Waals surface area contributed by atoms with Crippen LogP contribution in [-0.4, -0.2) is 29.8 Å². The van der Waals surface area contributed by atoms with Crippen LogP contribution in [-0.2, 0) is 6.42 Å². The Labute approximate surface area is 112 Å². The predicted octanol–water partition coefficient (Wildman–Crippen LogP) is 1.90. The molecule has 0 bridgehead atoms. The van der Waals surface area contributed by atoms with E-state index in [9.17, 15) is 0 Å². The average molecular weight is 259 g/mol. The number of nitrogens with zero attached hydrogens (tertiary/aromatic N) is 2. The lowest BCUT2D eigenvalue weighted by molar-refractivity contribution is 0.296. The predicted molar refractivity (Wildman–Crippen MR) is 71.0 cm³/mol. The maximum absolute atomic E-state index is 5.41. The number of hydrogen-bond acceptors (Lipinski definition) is 5. The Morgan fingerprint density at radius 3 is 2.74 bits per heavy atom. The van der Waals surface area contributed by atoms with Gasteiger partial charge in [-0.05, 0) is 50.2 Å². The minimum Gasteiger partial charge on any atom is -0.494 e. The molecular weight excluding hydrogens is 242 g/mol. The van der Waals surface area contributed by atoms with E-state index in [0.29, 0.717) is 18.3 Å². The Morgan fingerprint density at radius 2 is 2.11 bits per heavy atom. The van der Waals surface area contributed by atoms with Crippen molar-refractivity contribution in [2.24, 2.45) is 5.92 Å². The molecule has 1 fully saturated rings. The number of ether oxygens (including phenoxy) is 1. The highest BCUT2D eigenvalue weighted by molar-refractivity contribution is 5.55. The van der Waals surface area contributed by atoms with Gasteiger partial charge in [0.05, 0.1) is 6.61 Å². The van der Waals surface area contributed by atoms with Crippen molar-refractivity contribution >= 4 is 0 Å². The van der Waals surface area contributed by atoms with Crippen molar-refractivity contribution in [1.29, 1.82) is 0 Å². The second kappa shape index (κ2) is 5.40. The summed E-state index contributed by atoms with van der Waals surface area (Å²) in [7, 11) is 0. The second-order valence-electron chi connectivity index (χ2n) is 4.70. The van der Waals surface area contributed by atoms with Crippen molar-refractivity contribution in [3.05, 3.63) is 30.2 Å². The van der Waals surface area contributed by atoms with Crippen LogP contribution >= 0.6 is 0 Å². The standard InChI is InChI=1S/C14H17N3O2/c1-2-18-12-5-3-11(4-6-12)14-16-13(19-17-14)7-10-8-15-9-10/h3-6,10,15H,2,7-9H2,1H3. The molecule has 19 heavy (non-hydrogen) atoms. The van der Waals surface area contributed by atoms with E-state index in [4.69, 9.17) is 9.26 Å². The zero-order valence-electron chi connectivity index (χ0n) is 10.9. The molecule has 5 nitrogen and oxygen atoms in total. The zero-order valence-corrected chi connectivity index (χ0v) is 10.9. The molecule has 1 N–H and O–H groups in total. The van der Waals surface area contributed by atoms with Crippen molar-refractivity contribution in [3.63, 3.8) is 0 Å². The molecular formula is C14H17N3O2. The SMILES string of the molecule is CCOc1ccc(-c2noc(CC3CNC3)n2)cc1. The molecule has 1 aliphatic heterocycles. The maximum atomic E-state index is 5.41. The summed E-state index contributed by atoms with van der Waals surface area (Å²) in [5.74, 6) is 2.85. The molecule has 0 amide bonds. The first-order valence-corrected chi connectivity index (χ1v) is 6.61. The summed E-state index contributed by atoms with van der Waals surface area (Å²) in [4.78, 5) is 4.43. The normalized spacial score (nSPS) is 15.2. The summed E-state index contributed by atoms with van der Waals surface area (Å²) in [6.07, 6.45) is 0.858. The summed E-state index contributed by atoms with van der Waals surface area (Å²) >= 11 is 0. The van der Waals surface area contributed by atoms with Crippen LogP contribution in [0.4, 0.5) is 0 Å². The van der Waals surface area contributed by atoms with Crippen LogP contribution in [0.3, 0.4) is 0 Å². The van der Waals surface area contributed by atoms with Gasteiger partial charge in [-0.15, -0.1) is 0 Å². The highest BCUT2D eigenvalue weighted by Crippen LogP contribution is 2.21. The number of rotatable bonds is 5. The molecule has 3 rings (SSSR count). The lowest BCUT2D eigenvalue weighted by Crippen LogP contribution is -2.43. The van der Waals surface area contributed by atoms with Crippen LogP contribution in [0.15, 0.2) is 28.8 Å². The Hall–Kier alpha value is -1.88. The van der Waals surface area contributed by atoms with Crippen molar-refractivity contribution in [1.82, 2.24) is 15.5 Å². The van der Waals surface area contributed by atoms with Gasteiger partial charge in [0, 0.05) is 12.0 Å². The Kier molecular flexibility index (Phi) is 3.46. The summed E-state index contributed by atoms with van der Waals surface area (Å²) in [6.45, 7) is 4.72. The van der Waals surface area contributed by atoms with Crippen LogP contribution < -0.4 is 10.1 Å². The topological polar surface area (TPSA) is 60.2 Å². The summed E-state index contributed by atoms with van der Waals surface area (Å²) in [5, 5.41) is 7.26. The second-order valence-corrected chi connectivity index (χ2v) is 4.70. The average Bonchev–Trinajstić information content (AvgIpc) is 2.84. The number of benzene rings is 1. The highest BCUT2D eigenvalue weighted by atomic mass is 16.5. The molecule has 0 spiro atoms. The molecule has 1 saturated heterocycles. The van der Waals surface area contributed by atoms with Crippen LogP contribution in [0.2, 0.25) is 0 Å². The fourth-order valence-electron chi connectivity index (χ4n) is 2.06. The van der Waals surface area contributed by atoms with E-state index in [1.165, 1.54) is 0 Å². The van der Waals surface area contributed by atoms with Gasteiger partial charge in [-0.25, -0.2) is 0 Å². The van der Waals surface area contributed by atoms with Gasteiger partial charge in [0.25, 0.3) is 0 Å². The van der Waals surface area contributed by atoms with Crippen LogP contribution in [0.1, 0.15) is 12.8 Å². The lowest BCUT2D eigenvalue weighted by atomic mass is 10.00. The molecule has 2 aromatic rings. The highest BCUT2D eigenvalue weighted by Gasteiger charge is 2.20. The van der Waals surface area contributed by atoms with Gasteiger partial charge in [0.15, 0.2) is 0 Å². The zero-order chi connectivity index (χ0) is 13.1. The molecule has 100 valence electrons. The molecule has 1 aliphatic rings. The lowest BCUT2D eigenvalue weighted by Gasteiger charge is -2.25. The van der Waals surface area contributed by atoms with Gasteiger partial charge < -0.3 is 14.6 Å². The molecule has 5 heteroatoms. The van der Waals surface area contributed by atoms with E-state index in [0.717, 1.165) is 36.7 Å². The number of hydrogen-bond donors (Lipinski definition) is 1. The number of nitrogens with one attached hydrogen (secondary N) is 1. The van der Waals surface area contributed by atoms with E-state index in [2.05, 4.69) is 15.5 Å². The Bertz CT molecular complexity index is 532. The van der Waals surface area contributed by atoms with Gasteiger partial charge >= 0.3 is 0 Å². The first-order valence-electron chi connectivity index (χ1n) is 6.61. The molecule has 0 saturated carbocycles. The van der Waals surface area contributed by atoms with E-state index in [-0.39, 0.29) is 0 Å². The smallest absolute Gasteiger partial charge is 0.227 e. The van der Waals surface area contributed by atoms with Crippen molar-refractivity contribution in [3.8, 4) is 17.1 Å². The Morgan fingerprint density at radius 1 is 1.32 bits per heavy atom. The molecule has 0 atom stereocenters. The van der Waals surface area contributed by atoms with E-state index in [1.54, 1.807) is 0 Å². The van der Waals surface area contributed by atoms with Crippen molar-refractivity contribution < 1.29 is 9.26 Å². The van der Waals surface area contributed by atoms with Crippen molar-refractivity contribution in [2.75, 3.05) is 19.7 Å². The third-order valence-corrected chi connectivity index (χ3v) is 3.22. The fraction of sp³-hybridized carbons (Fsp3) is 0.429. The number of aromatic nitrogens is 2. The fourth-order valence-corrected chi connectivity index (χ4v) is 2.06. The van der Waals surface area contributed by atoms with Gasteiger partial charge in [0.2, 0.25) is 11.7 Å². The van der Waals surface area contributed by atoms with E-state index < -0.39 is 0 Å². The first kappa shape index (κ1) is 12.2. The third kappa shape index (κ3) is 2.76. The van der Waals surface area contributed by atoms with Crippen LogP contribution in [0, 0.1) is 5.92 Å². The van der Waals surface area contributed by atoms with E-state index >= 15 is 0 Å². The summed E-state index contributed by atoms with van der Waals surface area (Å²) in [6, 6.07) is 7.74. The molecule has 0 unspecified atom stereocenters. The Balaban J connectivity index is 1.70. The third-order valence-electron chi connectivity index (χ3n) is 3.22. The summed E-state index contributed by atoms with van der Waals surface area (Å²) < 4.78 is 10.7. The maximum Gasteiger partial charge on any atom is 0.227 e. The van der Waals surface area contributed by atoms with Gasteiger partial charge in [0.1, 0.15) is 5.75 Å². The van der Waals surface area contributed by atoms with E-state index in [1.807, 2.05) is 31.2 Å². The summed E-state index contributed by atoms with van der Waals surface area (Å²) in [5.41, 5.74) is 0.949.